The molecule has 2 saturated heterocycles. The van der Waals surface area contributed by atoms with Crippen molar-refractivity contribution in [2.75, 3.05) is 46.3 Å². The number of hydrogen-bond donors (Lipinski definition) is 2. The lowest BCUT2D eigenvalue weighted by atomic mass is 9.88. The van der Waals surface area contributed by atoms with Gasteiger partial charge in [0.2, 0.25) is 5.91 Å². The number of morpholine rings is 1. The third kappa shape index (κ3) is 7.82. The Bertz CT molecular complexity index is 546. The zero-order valence-electron chi connectivity index (χ0n) is 19.1. The van der Waals surface area contributed by atoms with Crippen molar-refractivity contribution in [3.8, 4) is 0 Å². The molecule has 2 heterocycles. The first kappa shape index (κ1) is 25.6. The van der Waals surface area contributed by atoms with E-state index in [-0.39, 0.29) is 29.9 Å². The van der Waals surface area contributed by atoms with Crippen LogP contribution in [0.2, 0.25) is 0 Å². The summed E-state index contributed by atoms with van der Waals surface area (Å²) in [6.07, 6.45) is 8.61. The molecule has 0 aromatic carbocycles. The van der Waals surface area contributed by atoms with E-state index in [4.69, 9.17) is 4.74 Å². The lowest BCUT2D eigenvalue weighted by Gasteiger charge is -2.35. The molecule has 3 atom stereocenters. The van der Waals surface area contributed by atoms with Crippen LogP contribution in [0.3, 0.4) is 0 Å². The van der Waals surface area contributed by atoms with Gasteiger partial charge in [-0.25, -0.2) is 0 Å². The predicted octanol–water partition coefficient (Wildman–Crippen LogP) is 2.45. The third-order valence-electron chi connectivity index (χ3n) is 6.46. The largest absolute Gasteiger partial charge is 0.373 e. The fourth-order valence-electron chi connectivity index (χ4n) is 5.05. The van der Waals surface area contributed by atoms with Gasteiger partial charge in [-0.2, -0.15) is 0 Å². The van der Waals surface area contributed by atoms with Gasteiger partial charge in [-0.15, -0.1) is 24.0 Å². The van der Waals surface area contributed by atoms with Crippen molar-refractivity contribution in [3.63, 3.8) is 0 Å². The number of carbonyl (C=O) groups excluding carboxylic acids is 1. The molecule has 0 radical (unpaired) electrons. The topological polar surface area (TPSA) is 69.2 Å². The lowest BCUT2D eigenvalue weighted by molar-refractivity contribution is -0.135. The maximum Gasteiger partial charge on any atom is 0.225 e. The average Bonchev–Trinajstić information content (AvgIpc) is 3.18. The Morgan fingerprint density at radius 1 is 1.07 bits per heavy atom. The van der Waals surface area contributed by atoms with Gasteiger partial charge in [0, 0.05) is 58.3 Å². The summed E-state index contributed by atoms with van der Waals surface area (Å²) in [5, 5.41) is 6.96. The average molecular weight is 536 g/mol. The molecule has 3 unspecified atom stereocenters. The molecule has 0 spiro atoms. The Morgan fingerprint density at radius 3 is 2.43 bits per heavy atom. The SMILES string of the molecule is CN=C(NCCCN1CC(C)OC(C)C1)NC1CCN(C(=O)C2CCCCC2)C1.I. The van der Waals surface area contributed by atoms with Crippen molar-refractivity contribution in [3.05, 3.63) is 0 Å². The summed E-state index contributed by atoms with van der Waals surface area (Å²) in [4.78, 5) is 21.7. The fraction of sp³-hybridized carbons (Fsp3) is 0.909. The van der Waals surface area contributed by atoms with Gasteiger partial charge in [0.1, 0.15) is 0 Å². The first-order chi connectivity index (χ1) is 14.0. The molecule has 3 aliphatic rings. The number of rotatable bonds is 6. The van der Waals surface area contributed by atoms with Crippen LogP contribution in [0.15, 0.2) is 4.99 Å². The molecule has 3 rings (SSSR count). The Morgan fingerprint density at radius 2 is 1.77 bits per heavy atom. The molecule has 30 heavy (non-hydrogen) atoms. The zero-order valence-corrected chi connectivity index (χ0v) is 21.4. The molecule has 174 valence electrons. The van der Waals surface area contributed by atoms with Crippen molar-refractivity contribution in [2.45, 2.75) is 77.0 Å². The van der Waals surface area contributed by atoms with Gasteiger partial charge in [0.05, 0.1) is 12.2 Å². The molecule has 8 heteroatoms. The van der Waals surface area contributed by atoms with Gasteiger partial charge >= 0.3 is 0 Å². The molecule has 1 aliphatic carbocycles. The van der Waals surface area contributed by atoms with Crippen molar-refractivity contribution in [1.82, 2.24) is 20.4 Å². The second-order valence-electron chi connectivity index (χ2n) is 9.12. The van der Waals surface area contributed by atoms with Crippen molar-refractivity contribution in [1.29, 1.82) is 0 Å². The van der Waals surface area contributed by atoms with Crippen LogP contribution >= 0.6 is 24.0 Å². The molecule has 1 saturated carbocycles. The number of hydrogen-bond acceptors (Lipinski definition) is 4. The van der Waals surface area contributed by atoms with Gasteiger partial charge in [-0.3, -0.25) is 14.7 Å². The highest BCUT2D eigenvalue weighted by atomic mass is 127. The Balaban J connectivity index is 0.00000320. The smallest absolute Gasteiger partial charge is 0.225 e. The van der Waals surface area contributed by atoms with Crippen LogP contribution < -0.4 is 10.6 Å². The molecular weight excluding hydrogens is 493 g/mol. The second-order valence-corrected chi connectivity index (χ2v) is 9.12. The van der Waals surface area contributed by atoms with E-state index in [1.807, 2.05) is 7.05 Å². The number of aliphatic imine (C=N–C) groups is 1. The van der Waals surface area contributed by atoms with E-state index in [1.54, 1.807) is 0 Å². The molecule has 0 aromatic rings. The van der Waals surface area contributed by atoms with Gasteiger partial charge < -0.3 is 20.3 Å². The van der Waals surface area contributed by atoms with Crippen LogP contribution in [0.5, 0.6) is 0 Å². The Labute approximate surface area is 199 Å². The van der Waals surface area contributed by atoms with Crippen LogP contribution in [0, 0.1) is 5.92 Å². The molecule has 7 nitrogen and oxygen atoms in total. The molecule has 0 aromatic heterocycles. The zero-order chi connectivity index (χ0) is 20.6. The normalized spacial score (nSPS) is 28.8. The molecule has 3 fully saturated rings. The number of nitrogens with zero attached hydrogens (tertiary/aromatic N) is 3. The number of ether oxygens (including phenoxy) is 1. The molecule has 1 amide bonds. The molecule has 0 bridgehead atoms. The van der Waals surface area contributed by atoms with Gasteiger partial charge in [-0.05, 0) is 39.5 Å². The van der Waals surface area contributed by atoms with E-state index in [0.29, 0.717) is 24.2 Å². The van der Waals surface area contributed by atoms with E-state index >= 15 is 0 Å². The summed E-state index contributed by atoms with van der Waals surface area (Å²) in [5.74, 6) is 1.50. The number of amides is 1. The first-order valence-corrected chi connectivity index (χ1v) is 11.7. The summed E-state index contributed by atoms with van der Waals surface area (Å²) in [6, 6.07) is 0.301. The highest BCUT2D eigenvalue weighted by molar-refractivity contribution is 14.0. The Hall–Kier alpha value is -0.610. The summed E-state index contributed by atoms with van der Waals surface area (Å²) in [7, 11) is 1.82. The number of likely N-dealkylation sites (tertiary alicyclic amines) is 1. The van der Waals surface area contributed by atoms with E-state index in [0.717, 1.165) is 70.9 Å². The van der Waals surface area contributed by atoms with Crippen LogP contribution in [0.4, 0.5) is 0 Å². The van der Waals surface area contributed by atoms with Crippen molar-refractivity contribution in [2.24, 2.45) is 10.9 Å². The highest BCUT2D eigenvalue weighted by Crippen LogP contribution is 2.26. The molecular formula is C22H42IN5O2. The maximum absolute atomic E-state index is 12.7. The van der Waals surface area contributed by atoms with E-state index in [9.17, 15) is 4.79 Å². The maximum atomic E-state index is 12.7. The number of halogens is 1. The lowest BCUT2D eigenvalue weighted by Crippen LogP contribution is -2.47. The predicted molar refractivity (Wildman–Crippen MR) is 133 cm³/mol. The minimum Gasteiger partial charge on any atom is -0.373 e. The van der Waals surface area contributed by atoms with Gasteiger partial charge in [-0.1, -0.05) is 19.3 Å². The van der Waals surface area contributed by atoms with Crippen LogP contribution in [0.25, 0.3) is 0 Å². The highest BCUT2D eigenvalue weighted by Gasteiger charge is 2.31. The molecule has 2 aliphatic heterocycles. The van der Waals surface area contributed by atoms with E-state index in [1.165, 1.54) is 19.3 Å². The van der Waals surface area contributed by atoms with Crippen molar-refractivity contribution < 1.29 is 9.53 Å². The molecule has 2 N–H and O–H groups in total. The van der Waals surface area contributed by atoms with Crippen LogP contribution in [-0.2, 0) is 9.53 Å². The summed E-state index contributed by atoms with van der Waals surface area (Å²) in [6.45, 7) is 9.99. The van der Waals surface area contributed by atoms with E-state index < -0.39 is 0 Å². The number of nitrogens with one attached hydrogen (secondary N) is 2. The Kier molecular flexibility index (Phi) is 11.2. The van der Waals surface area contributed by atoms with E-state index in [2.05, 4.69) is 39.3 Å². The van der Waals surface area contributed by atoms with Crippen LogP contribution in [-0.4, -0.2) is 86.2 Å². The second kappa shape index (κ2) is 13.1. The standard InChI is InChI=1S/C22H41N5O2.HI/c1-17-14-26(15-18(2)29-17)12-7-11-24-22(23-3)25-20-10-13-27(16-20)21(28)19-8-5-4-6-9-19;/h17-20H,4-16H2,1-3H3,(H2,23,24,25);1H. The first-order valence-electron chi connectivity index (χ1n) is 11.7. The fourth-order valence-corrected chi connectivity index (χ4v) is 5.05. The quantitative estimate of drug-likeness (QED) is 0.237. The minimum atomic E-state index is 0. The van der Waals surface area contributed by atoms with Crippen molar-refractivity contribution >= 4 is 35.8 Å². The van der Waals surface area contributed by atoms with Gasteiger partial charge in [0.25, 0.3) is 0 Å². The van der Waals surface area contributed by atoms with Gasteiger partial charge in [0.15, 0.2) is 5.96 Å². The monoisotopic (exact) mass is 535 g/mol. The van der Waals surface area contributed by atoms with Crippen LogP contribution in [0.1, 0.15) is 58.8 Å². The summed E-state index contributed by atoms with van der Waals surface area (Å²) in [5.41, 5.74) is 0. The summed E-state index contributed by atoms with van der Waals surface area (Å²) < 4.78 is 5.80. The third-order valence-corrected chi connectivity index (χ3v) is 6.46. The summed E-state index contributed by atoms with van der Waals surface area (Å²) >= 11 is 0. The minimum absolute atomic E-state index is 0. The number of carbonyl (C=O) groups is 1. The number of guanidine groups is 1.